The second kappa shape index (κ2) is 9.04. The molecule has 0 spiro atoms. The van der Waals surface area contributed by atoms with Gasteiger partial charge < -0.3 is 10.5 Å². The van der Waals surface area contributed by atoms with Gasteiger partial charge in [0.15, 0.2) is 0 Å². The maximum atomic E-state index is 13.5. The average molecular weight is 355 g/mol. The molecule has 0 aromatic heterocycles. The molecule has 126 valence electrons. The summed E-state index contributed by atoms with van der Waals surface area (Å²) in [5.41, 5.74) is 5.38. The molecule has 0 radical (unpaired) electrons. The minimum absolute atomic E-state index is 0. The lowest BCUT2D eigenvalue weighted by Gasteiger charge is -2.10. The molecule has 0 saturated carbocycles. The summed E-state index contributed by atoms with van der Waals surface area (Å²) in [6.07, 6.45) is 0.444. The molecule has 0 amide bonds. The van der Waals surface area contributed by atoms with E-state index in [1.165, 1.54) is 0 Å². The highest BCUT2D eigenvalue weighted by Gasteiger charge is 2.18. The van der Waals surface area contributed by atoms with Crippen LogP contribution in [0.15, 0.2) is 23.1 Å². The van der Waals surface area contributed by atoms with E-state index in [9.17, 15) is 17.6 Å². The fourth-order valence-corrected chi connectivity index (χ4v) is 2.66. The van der Waals surface area contributed by atoms with Crippen molar-refractivity contribution in [1.29, 1.82) is 0 Å². The number of hydrogen-bond acceptors (Lipinski definition) is 5. The third-order valence-corrected chi connectivity index (χ3v) is 4.02. The summed E-state index contributed by atoms with van der Waals surface area (Å²) < 4.78 is 44.6. The monoisotopic (exact) mass is 354 g/mol. The second-order valence-electron chi connectivity index (χ2n) is 4.56. The molecular weight excluding hydrogens is 335 g/mol. The number of nitrogens with one attached hydrogen (secondary N) is 1. The summed E-state index contributed by atoms with van der Waals surface area (Å²) in [4.78, 5) is 11.2. The molecule has 0 aliphatic carbocycles. The van der Waals surface area contributed by atoms with Crippen molar-refractivity contribution in [3.63, 3.8) is 0 Å². The zero-order chi connectivity index (χ0) is 16.0. The van der Waals surface area contributed by atoms with E-state index in [1.807, 2.05) is 0 Å². The normalized spacial score (nSPS) is 12.4. The zero-order valence-corrected chi connectivity index (χ0v) is 14.0. The molecule has 1 aromatic carbocycles. The van der Waals surface area contributed by atoms with Gasteiger partial charge in [-0.1, -0.05) is 0 Å². The number of carbonyl (C=O) groups is 1. The standard InChI is InChI=1S/C13H19FN2O4S.ClH/c1-3-20-13(17)10-6-11(14)8-12(7-10)21(18,19)16-5-4-9(2)15;/h6-9,16H,3-5,15H2,1-2H3;1H. The molecule has 1 unspecified atom stereocenters. The predicted octanol–water partition coefficient (Wildman–Crippen LogP) is 1.44. The van der Waals surface area contributed by atoms with Crippen LogP contribution >= 0.6 is 12.4 Å². The predicted molar refractivity (Wildman–Crippen MR) is 83.1 cm³/mol. The molecule has 0 saturated heterocycles. The Morgan fingerprint density at radius 1 is 1.41 bits per heavy atom. The van der Waals surface area contributed by atoms with Crippen LogP contribution in [0.4, 0.5) is 4.39 Å². The SMILES string of the molecule is CCOC(=O)c1cc(F)cc(S(=O)(=O)NCCC(C)N)c1.Cl. The molecule has 0 heterocycles. The van der Waals surface area contributed by atoms with Gasteiger partial charge in [-0.15, -0.1) is 12.4 Å². The van der Waals surface area contributed by atoms with E-state index in [0.717, 1.165) is 18.2 Å². The third kappa shape index (κ3) is 6.27. The number of sulfonamides is 1. The number of halogens is 2. The second-order valence-corrected chi connectivity index (χ2v) is 6.33. The molecule has 1 aromatic rings. The largest absolute Gasteiger partial charge is 0.462 e. The first-order chi connectivity index (χ1) is 9.76. The molecule has 0 bridgehead atoms. The number of nitrogens with two attached hydrogens (primary N) is 1. The van der Waals surface area contributed by atoms with E-state index in [4.69, 9.17) is 10.5 Å². The van der Waals surface area contributed by atoms with E-state index in [-0.39, 0.29) is 42.1 Å². The first kappa shape index (κ1) is 20.8. The Labute approximate surface area is 135 Å². The van der Waals surface area contributed by atoms with Crippen LogP contribution in [-0.2, 0) is 14.8 Å². The van der Waals surface area contributed by atoms with Crippen molar-refractivity contribution in [3.05, 3.63) is 29.6 Å². The Bertz CT molecular complexity index is 608. The van der Waals surface area contributed by atoms with E-state index >= 15 is 0 Å². The maximum absolute atomic E-state index is 13.5. The van der Waals surface area contributed by atoms with Gasteiger partial charge in [0.2, 0.25) is 10.0 Å². The quantitative estimate of drug-likeness (QED) is 0.722. The summed E-state index contributed by atoms with van der Waals surface area (Å²) in [5.74, 6) is -1.60. The van der Waals surface area contributed by atoms with Crippen molar-refractivity contribution in [2.24, 2.45) is 5.73 Å². The van der Waals surface area contributed by atoms with E-state index in [2.05, 4.69) is 4.72 Å². The Morgan fingerprint density at radius 3 is 2.59 bits per heavy atom. The Balaban J connectivity index is 0.00000441. The highest BCUT2D eigenvalue weighted by molar-refractivity contribution is 7.89. The lowest BCUT2D eigenvalue weighted by Crippen LogP contribution is -2.29. The van der Waals surface area contributed by atoms with E-state index < -0.39 is 21.8 Å². The molecule has 9 heteroatoms. The molecule has 0 aliphatic heterocycles. The van der Waals surface area contributed by atoms with Gasteiger partial charge in [-0.2, -0.15) is 0 Å². The molecule has 0 fully saturated rings. The van der Waals surface area contributed by atoms with Gasteiger partial charge in [0.05, 0.1) is 17.1 Å². The summed E-state index contributed by atoms with van der Waals surface area (Å²) in [6, 6.07) is 2.70. The number of ether oxygens (including phenoxy) is 1. The van der Waals surface area contributed by atoms with Crippen molar-refractivity contribution >= 4 is 28.4 Å². The van der Waals surface area contributed by atoms with Crippen LogP contribution in [-0.4, -0.2) is 33.6 Å². The number of hydrogen-bond donors (Lipinski definition) is 2. The van der Waals surface area contributed by atoms with Crippen LogP contribution in [0.5, 0.6) is 0 Å². The smallest absolute Gasteiger partial charge is 0.338 e. The van der Waals surface area contributed by atoms with Crippen molar-refractivity contribution in [2.45, 2.75) is 31.2 Å². The van der Waals surface area contributed by atoms with Crippen LogP contribution in [0.25, 0.3) is 0 Å². The van der Waals surface area contributed by atoms with Crippen molar-refractivity contribution in [1.82, 2.24) is 4.72 Å². The number of carbonyl (C=O) groups excluding carboxylic acids is 1. The Hall–Kier alpha value is -1.22. The van der Waals surface area contributed by atoms with Crippen molar-refractivity contribution < 1.29 is 22.3 Å². The molecule has 6 nitrogen and oxygen atoms in total. The first-order valence-electron chi connectivity index (χ1n) is 6.49. The van der Waals surface area contributed by atoms with Gasteiger partial charge in [-0.25, -0.2) is 22.3 Å². The fourth-order valence-electron chi connectivity index (χ4n) is 1.55. The fraction of sp³-hybridized carbons (Fsp3) is 0.462. The minimum atomic E-state index is -3.90. The lowest BCUT2D eigenvalue weighted by atomic mass is 10.2. The van der Waals surface area contributed by atoms with Gasteiger partial charge in [0.25, 0.3) is 0 Å². The van der Waals surface area contributed by atoms with Crippen LogP contribution in [0.1, 0.15) is 30.6 Å². The van der Waals surface area contributed by atoms with Crippen molar-refractivity contribution in [2.75, 3.05) is 13.2 Å². The van der Waals surface area contributed by atoms with Crippen LogP contribution < -0.4 is 10.5 Å². The average Bonchev–Trinajstić information content (AvgIpc) is 2.37. The number of esters is 1. The van der Waals surface area contributed by atoms with Gasteiger partial charge in [-0.3, -0.25) is 0 Å². The van der Waals surface area contributed by atoms with Gasteiger partial charge in [-0.05, 0) is 38.5 Å². The molecular formula is C13H20ClFN2O4S. The lowest BCUT2D eigenvalue weighted by molar-refractivity contribution is 0.0525. The highest BCUT2D eigenvalue weighted by atomic mass is 35.5. The topological polar surface area (TPSA) is 98.5 Å². The summed E-state index contributed by atoms with van der Waals surface area (Å²) in [7, 11) is -3.90. The summed E-state index contributed by atoms with van der Waals surface area (Å²) >= 11 is 0. The molecule has 1 atom stereocenters. The van der Waals surface area contributed by atoms with Crippen LogP contribution in [0.2, 0.25) is 0 Å². The third-order valence-electron chi connectivity index (χ3n) is 2.58. The van der Waals surface area contributed by atoms with Gasteiger partial charge in [0.1, 0.15) is 5.82 Å². The van der Waals surface area contributed by atoms with Crippen LogP contribution in [0, 0.1) is 5.82 Å². The molecule has 0 aliphatic rings. The first-order valence-corrected chi connectivity index (χ1v) is 7.97. The maximum Gasteiger partial charge on any atom is 0.338 e. The van der Waals surface area contributed by atoms with E-state index in [1.54, 1.807) is 13.8 Å². The van der Waals surface area contributed by atoms with E-state index in [0.29, 0.717) is 6.42 Å². The molecule has 1 rings (SSSR count). The number of benzene rings is 1. The van der Waals surface area contributed by atoms with Crippen molar-refractivity contribution in [3.8, 4) is 0 Å². The molecule has 3 N–H and O–H groups in total. The minimum Gasteiger partial charge on any atom is -0.462 e. The highest BCUT2D eigenvalue weighted by Crippen LogP contribution is 2.15. The molecule has 22 heavy (non-hydrogen) atoms. The van der Waals surface area contributed by atoms with Gasteiger partial charge >= 0.3 is 5.97 Å². The van der Waals surface area contributed by atoms with Gasteiger partial charge in [0, 0.05) is 12.6 Å². The summed E-state index contributed by atoms with van der Waals surface area (Å²) in [5, 5.41) is 0. The zero-order valence-electron chi connectivity index (χ0n) is 12.3. The number of rotatable bonds is 7. The van der Waals surface area contributed by atoms with Crippen LogP contribution in [0.3, 0.4) is 0 Å². The Morgan fingerprint density at radius 2 is 2.05 bits per heavy atom. The summed E-state index contributed by atoms with van der Waals surface area (Å²) in [6.45, 7) is 3.59. The Kier molecular flexibility index (Phi) is 8.54.